The molecule has 2 fully saturated rings. The normalized spacial score (nSPS) is 29.5. The summed E-state index contributed by atoms with van der Waals surface area (Å²) in [6.45, 7) is 5.65. The van der Waals surface area contributed by atoms with Gasteiger partial charge in [0.15, 0.2) is 0 Å². The molecule has 0 bridgehead atoms. The lowest BCUT2D eigenvalue weighted by atomic mass is 9.88. The summed E-state index contributed by atoms with van der Waals surface area (Å²) in [4.78, 5) is 3.71. The molecule has 1 aliphatic heterocycles. The largest absolute Gasteiger partial charge is 0.392 e. The topological polar surface area (TPSA) is 43.7 Å². The van der Waals surface area contributed by atoms with Gasteiger partial charge in [-0.3, -0.25) is 0 Å². The van der Waals surface area contributed by atoms with Crippen molar-refractivity contribution in [1.82, 2.24) is 4.90 Å². The van der Waals surface area contributed by atoms with Crippen molar-refractivity contribution in [3.8, 4) is 0 Å². The Kier molecular flexibility index (Phi) is 7.76. The van der Waals surface area contributed by atoms with Gasteiger partial charge in [-0.15, -0.1) is 0 Å². The van der Waals surface area contributed by atoms with Gasteiger partial charge in [0.2, 0.25) is 0 Å². The van der Waals surface area contributed by atoms with Crippen LogP contribution < -0.4 is 0 Å². The molecule has 5 atom stereocenters. The molecule has 1 aromatic rings. The maximum atomic E-state index is 10.6. The zero-order chi connectivity index (χ0) is 21.8. The van der Waals surface area contributed by atoms with Gasteiger partial charge in [-0.1, -0.05) is 65.8 Å². The summed E-state index contributed by atoms with van der Waals surface area (Å²) in [6.07, 6.45) is 12.7. The summed E-state index contributed by atoms with van der Waals surface area (Å²) in [7, 11) is 0. The van der Waals surface area contributed by atoms with Crippen LogP contribution in [0, 0.1) is 24.7 Å². The molecule has 0 radical (unpaired) electrons. The van der Waals surface area contributed by atoms with Crippen molar-refractivity contribution < 1.29 is 10.2 Å². The summed E-state index contributed by atoms with van der Waals surface area (Å²) in [5.74, 6) is 1.04. The molecule has 168 valence electrons. The van der Waals surface area contributed by atoms with Crippen molar-refractivity contribution in [3.63, 3.8) is 0 Å². The first-order chi connectivity index (χ1) is 15.0. The first-order valence-electron chi connectivity index (χ1n) is 12.0. The number of nitrogens with zero attached hydrogens (tertiary/aromatic N) is 1. The molecule has 2 N–H and O–H groups in total. The van der Waals surface area contributed by atoms with E-state index in [1.165, 1.54) is 41.9 Å². The zero-order valence-electron chi connectivity index (χ0n) is 18.7. The van der Waals surface area contributed by atoms with Gasteiger partial charge >= 0.3 is 0 Å². The van der Waals surface area contributed by atoms with Crippen molar-refractivity contribution in [3.05, 3.63) is 59.2 Å². The molecule has 31 heavy (non-hydrogen) atoms. The quantitative estimate of drug-likeness (QED) is 0.434. The Morgan fingerprint density at radius 2 is 2.10 bits per heavy atom. The van der Waals surface area contributed by atoms with Crippen LogP contribution in [0.4, 0.5) is 0 Å². The van der Waals surface area contributed by atoms with Crippen molar-refractivity contribution >= 4 is 17.1 Å². The van der Waals surface area contributed by atoms with Crippen molar-refractivity contribution in [2.45, 2.75) is 64.1 Å². The van der Waals surface area contributed by atoms with E-state index < -0.39 is 6.10 Å². The predicted octanol–water partition coefficient (Wildman–Crippen LogP) is 4.64. The number of likely N-dealkylation sites (tertiary alicyclic amines) is 1. The minimum Gasteiger partial charge on any atom is -0.392 e. The Morgan fingerprint density at radius 3 is 2.87 bits per heavy atom. The van der Waals surface area contributed by atoms with Gasteiger partial charge < -0.3 is 15.1 Å². The van der Waals surface area contributed by atoms with Gasteiger partial charge in [-0.2, -0.15) is 0 Å². The van der Waals surface area contributed by atoms with Crippen LogP contribution in [0.5, 0.6) is 0 Å². The number of allylic oxidation sites excluding steroid dienone is 2. The highest BCUT2D eigenvalue weighted by Gasteiger charge is 2.43. The van der Waals surface area contributed by atoms with Crippen LogP contribution in [0.25, 0.3) is 0 Å². The molecule has 1 heterocycles. The van der Waals surface area contributed by atoms with E-state index in [1.54, 1.807) is 0 Å². The first kappa shape index (κ1) is 22.8. The highest BCUT2D eigenvalue weighted by molar-refractivity contribution is 7.80. The number of aliphatic hydroxyl groups excluding tert-OH is 2. The van der Waals surface area contributed by atoms with E-state index in [0.29, 0.717) is 18.3 Å². The molecule has 1 saturated heterocycles. The van der Waals surface area contributed by atoms with E-state index >= 15 is 0 Å². The molecular formula is C27H37NO2S. The second kappa shape index (κ2) is 10.5. The number of benzene rings is 1. The van der Waals surface area contributed by atoms with Crippen LogP contribution in [-0.2, 0) is 6.42 Å². The standard InChI is InChI=1S/C27H37NO2S/c1-19-5-4-6-20(13-19)15-23(29)7-8-25-26-17-21(14-22(26)18-27(25)30)16-24(31)9-12-28-10-2-3-11-28/h4-8,13-14,22-23,25-27,29-30H,2-3,9-12,15-18H2,1H3/b8-7+/t22-,23+,25+,26-,27+/m0/s1. The number of hydrogen-bond donors (Lipinski definition) is 2. The molecule has 4 rings (SSSR count). The van der Waals surface area contributed by atoms with Crippen LogP contribution >= 0.6 is 12.2 Å². The summed E-state index contributed by atoms with van der Waals surface area (Å²) in [5.41, 5.74) is 3.83. The minimum absolute atomic E-state index is 0.129. The molecule has 4 heteroatoms. The van der Waals surface area contributed by atoms with Gasteiger partial charge in [0.1, 0.15) is 0 Å². The molecule has 2 aliphatic carbocycles. The lowest BCUT2D eigenvalue weighted by Gasteiger charge is -2.19. The van der Waals surface area contributed by atoms with Gasteiger partial charge in [0.25, 0.3) is 0 Å². The lowest BCUT2D eigenvalue weighted by Crippen LogP contribution is -2.22. The number of aliphatic hydroxyl groups is 2. The predicted molar refractivity (Wildman–Crippen MR) is 131 cm³/mol. The summed E-state index contributed by atoms with van der Waals surface area (Å²) in [5, 5.41) is 21.1. The average Bonchev–Trinajstić information content (AvgIpc) is 3.42. The molecule has 3 aliphatic rings. The van der Waals surface area contributed by atoms with Crippen LogP contribution in [0.15, 0.2) is 48.1 Å². The molecule has 0 unspecified atom stereocenters. The third-order valence-electron chi connectivity index (χ3n) is 7.36. The van der Waals surface area contributed by atoms with Gasteiger partial charge in [-0.25, -0.2) is 0 Å². The third-order valence-corrected chi connectivity index (χ3v) is 7.71. The third kappa shape index (κ3) is 6.13. The summed E-state index contributed by atoms with van der Waals surface area (Å²) < 4.78 is 0. The number of fused-ring (bicyclic) bond motifs is 1. The SMILES string of the molecule is Cc1cccc(C[C@H](O)/C=C/[C@@H]2[C@H]3CC(CC(=S)CCN4CCCC4)=C[C@H]3C[C@H]2O)c1. The monoisotopic (exact) mass is 439 g/mol. The Morgan fingerprint density at radius 1 is 1.29 bits per heavy atom. The number of rotatable bonds is 9. The Hall–Kier alpha value is -1.33. The maximum absolute atomic E-state index is 10.6. The van der Waals surface area contributed by atoms with Gasteiger partial charge in [0, 0.05) is 18.9 Å². The van der Waals surface area contributed by atoms with Gasteiger partial charge in [0.05, 0.1) is 12.2 Å². The molecule has 0 aromatic heterocycles. The Labute approximate surface area is 192 Å². The van der Waals surface area contributed by atoms with E-state index in [9.17, 15) is 10.2 Å². The Balaban J connectivity index is 1.27. The van der Waals surface area contributed by atoms with E-state index in [-0.39, 0.29) is 12.0 Å². The molecule has 3 nitrogen and oxygen atoms in total. The van der Waals surface area contributed by atoms with Crippen LogP contribution in [0.1, 0.15) is 49.7 Å². The smallest absolute Gasteiger partial charge is 0.0761 e. The minimum atomic E-state index is -0.514. The number of aryl methyl sites for hydroxylation is 1. The molecule has 1 aromatic carbocycles. The highest BCUT2D eigenvalue weighted by Crippen LogP contribution is 2.48. The molecule has 0 spiro atoms. The van der Waals surface area contributed by atoms with Gasteiger partial charge in [-0.05, 0) is 80.8 Å². The number of thiocarbonyl (C=S) groups is 1. The van der Waals surface area contributed by atoms with E-state index in [4.69, 9.17) is 12.2 Å². The van der Waals surface area contributed by atoms with Crippen LogP contribution in [0.2, 0.25) is 0 Å². The fourth-order valence-electron chi connectivity index (χ4n) is 5.77. The second-order valence-electron chi connectivity index (χ2n) is 9.90. The molecule has 1 saturated carbocycles. The van der Waals surface area contributed by atoms with Crippen LogP contribution in [0.3, 0.4) is 0 Å². The fourth-order valence-corrected chi connectivity index (χ4v) is 6.05. The zero-order valence-corrected chi connectivity index (χ0v) is 19.6. The fraction of sp³-hybridized carbons (Fsp3) is 0.593. The molecule has 0 amide bonds. The van der Waals surface area contributed by atoms with Crippen molar-refractivity contribution in [2.75, 3.05) is 19.6 Å². The number of hydrogen-bond acceptors (Lipinski definition) is 4. The summed E-state index contributed by atoms with van der Waals surface area (Å²) in [6, 6.07) is 8.29. The Bertz CT molecular complexity index is 826. The van der Waals surface area contributed by atoms with E-state index in [0.717, 1.165) is 37.8 Å². The van der Waals surface area contributed by atoms with Crippen LogP contribution in [-0.4, -0.2) is 51.8 Å². The average molecular weight is 440 g/mol. The molecular weight excluding hydrogens is 402 g/mol. The van der Waals surface area contributed by atoms with Crippen molar-refractivity contribution in [2.24, 2.45) is 17.8 Å². The maximum Gasteiger partial charge on any atom is 0.0761 e. The highest BCUT2D eigenvalue weighted by atomic mass is 32.1. The van der Waals surface area contributed by atoms with E-state index in [2.05, 4.69) is 42.2 Å². The second-order valence-corrected chi connectivity index (χ2v) is 10.5. The van der Waals surface area contributed by atoms with E-state index in [1.807, 2.05) is 12.1 Å². The first-order valence-corrected chi connectivity index (χ1v) is 12.4. The summed E-state index contributed by atoms with van der Waals surface area (Å²) >= 11 is 5.70. The lowest BCUT2D eigenvalue weighted by molar-refractivity contribution is 0.140. The van der Waals surface area contributed by atoms with Crippen molar-refractivity contribution in [1.29, 1.82) is 0 Å².